The van der Waals surface area contributed by atoms with Crippen LogP contribution in [0.15, 0.2) is 48.2 Å². The van der Waals surface area contributed by atoms with E-state index in [1.165, 1.54) is 17.5 Å². The van der Waals surface area contributed by atoms with Crippen LogP contribution in [-0.4, -0.2) is 18.5 Å². The predicted octanol–water partition coefficient (Wildman–Crippen LogP) is 2.90. The van der Waals surface area contributed by atoms with Gasteiger partial charge in [0.25, 0.3) is 5.91 Å². The standard InChI is InChI=1S/C17H15N3O3S/c1-2-23-17(22)12(9-18)10-20-16-13(15(19)21)8-14(24-16)11-6-4-3-5-7-11/h3-8,10,20H,2H2,1H3,(H2,19,21)/b12-10+. The smallest absolute Gasteiger partial charge is 0.350 e. The van der Waals surface area contributed by atoms with Gasteiger partial charge < -0.3 is 15.8 Å². The SMILES string of the molecule is CCOC(=O)/C(C#N)=C/Nc1sc(-c2ccccc2)cc1C(N)=O. The number of rotatable bonds is 6. The molecular weight excluding hydrogens is 326 g/mol. The summed E-state index contributed by atoms with van der Waals surface area (Å²) in [5.41, 5.74) is 6.44. The average molecular weight is 341 g/mol. The van der Waals surface area contributed by atoms with Gasteiger partial charge in [0.05, 0.1) is 12.2 Å². The molecule has 0 aliphatic heterocycles. The summed E-state index contributed by atoms with van der Waals surface area (Å²) in [4.78, 5) is 24.1. The van der Waals surface area contributed by atoms with Crippen LogP contribution in [0.2, 0.25) is 0 Å². The molecule has 2 aromatic rings. The second-order valence-corrected chi connectivity index (χ2v) is 5.67. The fourth-order valence-corrected chi connectivity index (χ4v) is 2.95. The Labute approximate surface area is 143 Å². The Morgan fingerprint density at radius 3 is 2.67 bits per heavy atom. The molecule has 1 aromatic heterocycles. The van der Waals surface area contributed by atoms with Crippen molar-refractivity contribution in [2.45, 2.75) is 6.92 Å². The summed E-state index contributed by atoms with van der Waals surface area (Å²) in [6.07, 6.45) is 1.21. The van der Waals surface area contributed by atoms with Crippen LogP contribution in [0.3, 0.4) is 0 Å². The molecule has 3 N–H and O–H groups in total. The van der Waals surface area contributed by atoms with E-state index in [2.05, 4.69) is 5.32 Å². The molecule has 0 radical (unpaired) electrons. The molecule has 1 amide bonds. The van der Waals surface area contributed by atoms with E-state index < -0.39 is 11.9 Å². The molecule has 0 bridgehead atoms. The lowest BCUT2D eigenvalue weighted by atomic mass is 10.1. The Morgan fingerprint density at radius 1 is 1.38 bits per heavy atom. The Kier molecular flexibility index (Phi) is 5.71. The maximum absolute atomic E-state index is 11.6. The van der Waals surface area contributed by atoms with E-state index >= 15 is 0 Å². The number of hydrogen-bond acceptors (Lipinski definition) is 6. The molecule has 0 saturated heterocycles. The van der Waals surface area contributed by atoms with Crippen molar-refractivity contribution in [2.75, 3.05) is 11.9 Å². The molecule has 0 saturated carbocycles. The maximum atomic E-state index is 11.6. The van der Waals surface area contributed by atoms with E-state index in [9.17, 15) is 9.59 Å². The van der Waals surface area contributed by atoms with Crippen molar-refractivity contribution in [3.8, 4) is 16.5 Å². The third kappa shape index (κ3) is 4.00. The number of thiophene rings is 1. The minimum Gasteiger partial charge on any atom is -0.462 e. The van der Waals surface area contributed by atoms with E-state index in [1.54, 1.807) is 19.1 Å². The Balaban J connectivity index is 2.33. The second-order valence-electron chi connectivity index (χ2n) is 4.62. The largest absolute Gasteiger partial charge is 0.462 e. The Bertz CT molecular complexity index is 819. The van der Waals surface area contributed by atoms with Crippen LogP contribution >= 0.6 is 11.3 Å². The van der Waals surface area contributed by atoms with Gasteiger partial charge in [-0.15, -0.1) is 11.3 Å². The zero-order chi connectivity index (χ0) is 17.5. The normalized spacial score (nSPS) is 10.8. The van der Waals surface area contributed by atoms with Gasteiger partial charge in [-0.05, 0) is 18.6 Å². The minimum atomic E-state index is -0.729. The van der Waals surface area contributed by atoms with Gasteiger partial charge in [0.15, 0.2) is 5.57 Å². The summed E-state index contributed by atoms with van der Waals surface area (Å²) < 4.78 is 4.78. The molecule has 0 aliphatic carbocycles. The summed E-state index contributed by atoms with van der Waals surface area (Å²) in [5, 5.41) is 12.3. The number of benzene rings is 1. The lowest BCUT2D eigenvalue weighted by Crippen LogP contribution is -2.12. The summed E-state index contributed by atoms with van der Waals surface area (Å²) in [6, 6.07) is 12.9. The molecule has 0 spiro atoms. The van der Waals surface area contributed by atoms with Gasteiger partial charge in [-0.1, -0.05) is 30.3 Å². The van der Waals surface area contributed by atoms with Gasteiger partial charge in [-0.25, -0.2) is 4.79 Å². The van der Waals surface area contributed by atoms with Crippen molar-refractivity contribution in [2.24, 2.45) is 5.73 Å². The van der Waals surface area contributed by atoms with Gasteiger partial charge >= 0.3 is 5.97 Å². The van der Waals surface area contributed by atoms with E-state index in [4.69, 9.17) is 15.7 Å². The van der Waals surface area contributed by atoms with Gasteiger partial charge in [-0.2, -0.15) is 5.26 Å². The lowest BCUT2D eigenvalue weighted by molar-refractivity contribution is -0.138. The van der Waals surface area contributed by atoms with Crippen molar-refractivity contribution in [3.63, 3.8) is 0 Å². The zero-order valence-corrected chi connectivity index (χ0v) is 13.7. The van der Waals surface area contributed by atoms with Crippen molar-refractivity contribution in [3.05, 3.63) is 53.7 Å². The highest BCUT2D eigenvalue weighted by molar-refractivity contribution is 7.19. The minimum absolute atomic E-state index is 0.168. The van der Waals surface area contributed by atoms with Crippen molar-refractivity contribution in [1.82, 2.24) is 0 Å². The number of anilines is 1. The first kappa shape index (κ1) is 17.2. The summed E-state index contributed by atoms with van der Waals surface area (Å²) in [5.74, 6) is -1.33. The van der Waals surface area contributed by atoms with E-state index in [-0.39, 0.29) is 17.7 Å². The van der Waals surface area contributed by atoms with Gasteiger partial charge in [0, 0.05) is 11.1 Å². The zero-order valence-electron chi connectivity index (χ0n) is 12.9. The van der Waals surface area contributed by atoms with Crippen molar-refractivity contribution in [1.29, 1.82) is 5.26 Å². The number of nitrogens with zero attached hydrogens (tertiary/aromatic N) is 1. The summed E-state index contributed by atoms with van der Waals surface area (Å²) in [7, 11) is 0. The van der Waals surface area contributed by atoms with E-state index in [0.29, 0.717) is 5.00 Å². The van der Waals surface area contributed by atoms with Crippen LogP contribution in [-0.2, 0) is 9.53 Å². The summed E-state index contributed by atoms with van der Waals surface area (Å²) >= 11 is 1.30. The molecule has 24 heavy (non-hydrogen) atoms. The number of ether oxygens (including phenoxy) is 1. The number of nitrogens with one attached hydrogen (secondary N) is 1. The number of nitrogens with two attached hydrogens (primary N) is 1. The Morgan fingerprint density at radius 2 is 2.08 bits per heavy atom. The quantitative estimate of drug-likeness (QED) is 0.477. The first-order chi connectivity index (χ1) is 11.6. The second kappa shape index (κ2) is 7.94. The average Bonchev–Trinajstić information content (AvgIpc) is 3.01. The van der Waals surface area contributed by atoms with Crippen molar-refractivity contribution >= 4 is 28.2 Å². The van der Waals surface area contributed by atoms with Gasteiger partial charge in [-0.3, -0.25) is 4.79 Å². The molecule has 6 nitrogen and oxygen atoms in total. The monoisotopic (exact) mass is 341 g/mol. The molecule has 1 heterocycles. The van der Waals surface area contributed by atoms with E-state index in [0.717, 1.165) is 10.4 Å². The highest BCUT2D eigenvalue weighted by Gasteiger charge is 2.15. The first-order valence-electron chi connectivity index (χ1n) is 7.09. The number of amides is 1. The van der Waals surface area contributed by atoms with Crippen LogP contribution in [0.4, 0.5) is 5.00 Å². The third-order valence-corrected chi connectivity index (χ3v) is 4.13. The number of esters is 1. The van der Waals surface area contributed by atoms with Crippen LogP contribution in [0.5, 0.6) is 0 Å². The fourth-order valence-electron chi connectivity index (χ4n) is 1.91. The highest BCUT2D eigenvalue weighted by Crippen LogP contribution is 2.35. The number of primary amides is 1. The lowest BCUT2D eigenvalue weighted by Gasteiger charge is -2.02. The highest BCUT2D eigenvalue weighted by atomic mass is 32.1. The third-order valence-electron chi connectivity index (χ3n) is 3.02. The van der Waals surface area contributed by atoms with Gasteiger partial charge in [0.2, 0.25) is 0 Å². The molecule has 0 unspecified atom stereocenters. The number of carbonyl (C=O) groups excluding carboxylic acids is 2. The fraction of sp³-hybridized carbons (Fsp3) is 0.118. The molecule has 1 aromatic carbocycles. The van der Waals surface area contributed by atoms with Gasteiger partial charge in [0.1, 0.15) is 11.1 Å². The molecule has 122 valence electrons. The molecule has 0 aliphatic rings. The number of nitriles is 1. The molecule has 7 heteroatoms. The predicted molar refractivity (Wildman–Crippen MR) is 92.2 cm³/mol. The van der Waals surface area contributed by atoms with Crippen LogP contribution in [0.25, 0.3) is 10.4 Å². The maximum Gasteiger partial charge on any atom is 0.350 e. The van der Waals surface area contributed by atoms with Crippen LogP contribution < -0.4 is 11.1 Å². The topological polar surface area (TPSA) is 105 Å². The molecule has 0 atom stereocenters. The number of carbonyl (C=O) groups is 2. The van der Waals surface area contributed by atoms with E-state index in [1.807, 2.05) is 30.3 Å². The molecule has 2 rings (SSSR count). The first-order valence-corrected chi connectivity index (χ1v) is 7.91. The molecular formula is C17H15N3O3S. The van der Waals surface area contributed by atoms with Crippen molar-refractivity contribution < 1.29 is 14.3 Å². The summed E-state index contributed by atoms with van der Waals surface area (Å²) in [6.45, 7) is 1.82. The molecule has 0 fully saturated rings. The van der Waals surface area contributed by atoms with Crippen LogP contribution in [0, 0.1) is 11.3 Å². The number of hydrogen-bond donors (Lipinski definition) is 2. The Hall–Kier alpha value is -3.11. The van der Waals surface area contributed by atoms with Crippen LogP contribution in [0.1, 0.15) is 17.3 Å².